The summed E-state index contributed by atoms with van der Waals surface area (Å²) in [7, 11) is 0. The van der Waals surface area contributed by atoms with E-state index in [-0.39, 0.29) is 5.82 Å². The maximum Gasteiger partial charge on any atom is 0.309 e. The maximum absolute atomic E-state index is 12.5. The molecular formula is C22H17N5O2. The molecule has 0 unspecified atom stereocenters. The summed E-state index contributed by atoms with van der Waals surface area (Å²) in [5.41, 5.74) is 6.76. The van der Waals surface area contributed by atoms with Crippen LogP contribution >= 0.6 is 0 Å². The van der Waals surface area contributed by atoms with E-state index in [1.54, 1.807) is 35.0 Å². The van der Waals surface area contributed by atoms with Gasteiger partial charge in [-0.25, -0.2) is 9.67 Å². The van der Waals surface area contributed by atoms with Crippen molar-refractivity contribution in [1.82, 2.24) is 25.6 Å². The number of rotatable bonds is 4. The minimum absolute atomic E-state index is 0.0546. The molecule has 0 bridgehead atoms. The van der Waals surface area contributed by atoms with Crippen LogP contribution in [-0.4, -0.2) is 26.6 Å². The summed E-state index contributed by atoms with van der Waals surface area (Å²) < 4.78 is 1.60. The SMILES string of the molecule is O=C(NNC(=O)c1nc(-c2ccccc2)n(-c2ccccc2)n1)c1ccccc1. The second kappa shape index (κ2) is 8.18. The second-order valence-electron chi connectivity index (χ2n) is 6.15. The Morgan fingerprint density at radius 3 is 1.90 bits per heavy atom. The molecule has 7 nitrogen and oxygen atoms in total. The van der Waals surface area contributed by atoms with Crippen LogP contribution in [0.3, 0.4) is 0 Å². The number of carbonyl (C=O) groups excluding carboxylic acids is 2. The lowest BCUT2D eigenvalue weighted by atomic mass is 10.2. The molecule has 4 aromatic rings. The van der Waals surface area contributed by atoms with E-state index in [1.165, 1.54) is 0 Å². The highest BCUT2D eigenvalue weighted by molar-refractivity contribution is 5.97. The summed E-state index contributed by atoms with van der Waals surface area (Å²) >= 11 is 0. The van der Waals surface area contributed by atoms with Crippen LogP contribution in [0.2, 0.25) is 0 Å². The van der Waals surface area contributed by atoms with E-state index in [4.69, 9.17) is 0 Å². The molecule has 0 radical (unpaired) electrons. The Balaban J connectivity index is 1.60. The van der Waals surface area contributed by atoms with Crippen molar-refractivity contribution in [1.29, 1.82) is 0 Å². The van der Waals surface area contributed by atoms with Crippen LogP contribution < -0.4 is 10.9 Å². The topological polar surface area (TPSA) is 88.9 Å². The highest BCUT2D eigenvalue weighted by atomic mass is 16.2. The fourth-order valence-electron chi connectivity index (χ4n) is 2.76. The highest BCUT2D eigenvalue weighted by Crippen LogP contribution is 2.20. The van der Waals surface area contributed by atoms with E-state index in [9.17, 15) is 9.59 Å². The maximum atomic E-state index is 12.5. The van der Waals surface area contributed by atoms with Crippen molar-refractivity contribution in [3.05, 3.63) is 102 Å². The molecule has 29 heavy (non-hydrogen) atoms. The number of hydrogen-bond acceptors (Lipinski definition) is 4. The van der Waals surface area contributed by atoms with Crippen molar-refractivity contribution in [2.75, 3.05) is 0 Å². The average Bonchev–Trinajstić information content (AvgIpc) is 3.25. The van der Waals surface area contributed by atoms with Crippen molar-refractivity contribution >= 4 is 11.8 Å². The summed E-state index contributed by atoms with van der Waals surface area (Å²) in [6.07, 6.45) is 0. The Hall–Kier alpha value is -4.26. The van der Waals surface area contributed by atoms with Gasteiger partial charge < -0.3 is 0 Å². The van der Waals surface area contributed by atoms with Crippen molar-refractivity contribution in [2.24, 2.45) is 0 Å². The van der Waals surface area contributed by atoms with Gasteiger partial charge in [0.05, 0.1) is 5.69 Å². The van der Waals surface area contributed by atoms with Gasteiger partial charge >= 0.3 is 5.91 Å². The molecule has 2 N–H and O–H groups in total. The van der Waals surface area contributed by atoms with Gasteiger partial charge in [-0.2, -0.15) is 0 Å². The minimum atomic E-state index is -0.610. The zero-order valence-electron chi connectivity index (χ0n) is 15.3. The molecule has 0 aliphatic heterocycles. The van der Waals surface area contributed by atoms with E-state index in [1.807, 2.05) is 60.7 Å². The molecule has 0 saturated carbocycles. The lowest BCUT2D eigenvalue weighted by Crippen LogP contribution is -2.42. The summed E-state index contributed by atoms with van der Waals surface area (Å²) in [6, 6.07) is 27.5. The van der Waals surface area contributed by atoms with E-state index in [0.717, 1.165) is 11.3 Å². The molecule has 1 heterocycles. The van der Waals surface area contributed by atoms with Crippen LogP contribution in [0.4, 0.5) is 0 Å². The Labute approximate surface area is 167 Å². The van der Waals surface area contributed by atoms with Crippen LogP contribution in [0.15, 0.2) is 91.0 Å². The van der Waals surface area contributed by atoms with Gasteiger partial charge in [-0.15, -0.1) is 5.10 Å². The first-order valence-electron chi connectivity index (χ1n) is 8.96. The number of benzene rings is 3. The molecule has 142 valence electrons. The van der Waals surface area contributed by atoms with Gasteiger partial charge in [0.2, 0.25) is 5.82 Å². The van der Waals surface area contributed by atoms with Crippen LogP contribution in [0.5, 0.6) is 0 Å². The number of hydrogen-bond donors (Lipinski definition) is 2. The molecular weight excluding hydrogens is 366 g/mol. The van der Waals surface area contributed by atoms with E-state index in [0.29, 0.717) is 11.4 Å². The van der Waals surface area contributed by atoms with Crippen molar-refractivity contribution in [3.63, 3.8) is 0 Å². The lowest BCUT2D eigenvalue weighted by molar-refractivity contribution is 0.0841. The number of amides is 2. The van der Waals surface area contributed by atoms with Crippen molar-refractivity contribution in [2.45, 2.75) is 0 Å². The van der Waals surface area contributed by atoms with Gasteiger partial charge in [0.25, 0.3) is 5.91 Å². The number of aromatic nitrogens is 3. The molecule has 7 heteroatoms. The Kier molecular flexibility index (Phi) is 5.11. The Morgan fingerprint density at radius 2 is 1.24 bits per heavy atom. The molecule has 0 saturated heterocycles. The molecule has 1 aromatic heterocycles. The fraction of sp³-hybridized carbons (Fsp3) is 0. The van der Waals surface area contributed by atoms with E-state index < -0.39 is 11.8 Å². The van der Waals surface area contributed by atoms with Crippen molar-refractivity contribution in [3.8, 4) is 17.1 Å². The molecule has 0 aliphatic rings. The fourth-order valence-corrected chi connectivity index (χ4v) is 2.76. The third kappa shape index (κ3) is 4.03. The van der Waals surface area contributed by atoms with E-state index in [2.05, 4.69) is 20.9 Å². The molecule has 4 rings (SSSR count). The first kappa shape index (κ1) is 18.1. The molecule has 0 aliphatic carbocycles. The van der Waals surface area contributed by atoms with Crippen LogP contribution in [-0.2, 0) is 0 Å². The Bertz CT molecular complexity index is 1070. The third-order valence-electron chi connectivity index (χ3n) is 4.17. The first-order valence-corrected chi connectivity index (χ1v) is 8.96. The van der Waals surface area contributed by atoms with Crippen molar-refractivity contribution < 1.29 is 9.59 Å². The molecule has 2 amide bonds. The molecule has 0 spiro atoms. The second-order valence-corrected chi connectivity index (χ2v) is 6.15. The molecule has 0 fully saturated rings. The number of nitrogens with one attached hydrogen (secondary N) is 2. The number of nitrogens with zero attached hydrogens (tertiary/aromatic N) is 3. The predicted octanol–water partition coefficient (Wildman–Crippen LogP) is 3.01. The largest absolute Gasteiger partial charge is 0.309 e. The smallest absolute Gasteiger partial charge is 0.267 e. The summed E-state index contributed by atoms with van der Waals surface area (Å²) in [6.45, 7) is 0. The standard InChI is InChI=1S/C22H17N5O2/c28-21(17-12-6-2-7-13-17)24-25-22(29)19-23-20(16-10-4-1-5-11-16)27(26-19)18-14-8-3-9-15-18/h1-15H,(H,24,28)(H,25,29). The predicted molar refractivity (Wildman–Crippen MR) is 108 cm³/mol. The van der Waals surface area contributed by atoms with Gasteiger partial charge in [-0.1, -0.05) is 66.7 Å². The van der Waals surface area contributed by atoms with Crippen LogP contribution in [0.1, 0.15) is 21.0 Å². The van der Waals surface area contributed by atoms with Gasteiger partial charge in [-0.3, -0.25) is 20.4 Å². The van der Waals surface area contributed by atoms with Crippen LogP contribution in [0, 0.1) is 0 Å². The Morgan fingerprint density at radius 1 is 0.690 bits per heavy atom. The van der Waals surface area contributed by atoms with Crippen LogP contribution in [0.25, 0.3) is 17.1 Å². The van der Waals surface area contributed by atoms with Gasteiger partial charge in [0.15, 0.2) is 5.82 Å². The zero-order chi connectivity index (χ0) is 20.1. The zero-order valence-corrected chi connectivity index (χ0v) is 15.3. The lowest BCUT2D eigenvalue weighted by Gasteiger charge is -2.05. The number of hydrazine groups is 1. The normalized spacial score (nSPS) is 10.3. The monoisotopic (exact) mass is 383 g/mol. The highest BCUT2D eigenvalue weighted by Gasteiger charge is 2.19. The summed E-state index contributed by atoms with van der Waals surface area (Å²) in [4.78, 5) is 29.1. The number of carbonyl (C=O) groups is 2. The third-order valence-corrected chi connectivity index (χ3v) is 4.17. The van der Waals surface area contributed by atoms with Gasteiger partial charge in [0, 0.05) is 11.1 Å². The number of para-hydroxylation sites is 1. The quantitative estimate of drug-likeness (QED) is 0.530. The average molecular weight is 383 g/mol. The summed E-state index contributed by atoms with van der Waals surface area (Å²) in [5, 5.41) is 4.35. The van der Waals surface area contributed by atoms with E-state index >= 15 is 0 Å². The molecule has 0 atom stereocenters. The minimum Gasteiger partial charge on any atom is -0.267 e. The summed E-state index contributed by atoms with van der Waals surface area (Å²) in [5.74, 6) is -0.566. The van der Waals surface area contributed by atoms with Gasteiger partial charge in [-0.05, 0) is 24.3 Å². The molecule has 3 aromatic carbocycles. The first-order chi connectivity index (χ1) is 14.2. The van der Waals surface area contributed by atoms with Gasteiger partial charge in [0.1, 0.15) is 0 Å².